The first-order chi connectivity index (χ1) is 7.43. The van der Waals surface area contributed by atoms with E-state index in [4.69, 9.17) is 11.8 Å². The van der Waals surface area contributed by atoms with Crippen LogP contribution in [0.5, 0.6) is 0 Å². The number of rotatable bonds is 5. The van der Waals surface area contributed by atoms with Gasteiger partial charge in [-0.15, -0.1) is 0 Å². The molecule has 0 saturated carbocycles. The first-order valence-electron chi connectivity index (χ1n) is 5.11. The van der Waals surface area contributed by atoms with E-state index in [0.29, 0.717) is 12.3 Å². The van der Waals surface area contributed by atoms with Gasteiger partial charge in [0.2, 0.25) is 10.0 Å². The van der Waals surface area contributed by atoms with Crippen LogP contribution < -0.4 is 4.49 Å². The summed E-state index contributed by atoms with van der Waals surface area (Å²) in [5.41, 5.74) is 0. The van der Waals surface area contributed by atoms with Crippen molar-refractivity contribution in [3.8, 4) is 0 Å². The zero-order valence-electron chi connectivity index (χ0n) is 9.38. The van der Waals surface area contributed by atoms with Gasteiger partial charge in [-0.2, -0.15) is 4.49 Å². The molecule has 0 aliphatic rings. The van der Waals surface area contributed by atoms with Gasteiger partial charge in [-0.1, -0.05) is 43.9 Å². The van der Waals surface area contributed by atoms with Gasteiger partial charge in [0.15, 0.2) is 0 Å². The molecule has 0 aromatic heterocycles. The fourth-order valence-corrected chi connectivity index (χ4v) is 6.28. The topological polar surface area (TPSA) is 46.2 Å². The summed E-state index contributed by atoms with van der Waals surface area (Å²) < 4.78 is 26.7. The molecule has 90 valence electrons. The number of hydrogen-bond acceptors (Lipinski definition) is 3. The molecule has 0 aliphatic heterocycles. The Morgan fingerprint density at radius 1 is 1.19 bits per heavy atom. The van der Waals surface area contributed by atoms with Crippen molar-refractivity contribution >= 4 is 28.0 Å². The van der Waals surface area contributed by atoms with Crippen molar-refractivity contribution in [3.05, 3.63) is 30.3 Å². The van der Waals surface area contributed by atoms with E-state index >= 15 is 0 Å². The minimum atomic E-state index is -3.45. The quantitative estimate of drug-likeness (QED) is 0.841. The highest BCUT2D eigenvalue weighted by molar-refractivity contribution is 8.18. The lowest BCUT2D eigenvalue weighted by Gasteiger charge is -2.19. The Balaban J connectivity index is 3.02. The fourth-order valence-electron chi connectivity index (χ4n) is 1.22. The third kappa shape index (κ3) is 3.39. The molecule has 1 aromatic carbocycles. The zero-order chi connectivity index (χ0) is 12.2. The van der Waals surface area contributed by atoms with Gasteiger partial charge in [-0.25, -0.2) is 8.42 Å². The zero-order valence-corrected chi connectivity index (χ0v) is 11.9. The Morgan fingerprint density at radius 3 is 2.12 bits per heavy atom. The fraction of sp³-hybridized carbons (Fsp3) is 0.400. The molecule has 0 aliphatic carbocycles. The van der Waals surface area contributed by atoms with E-state index in [-0.39, 0.29) is 4.90 Å². The van der Waals surface area contributed by atoms with Crippen molar-refractivity contribution in [2.75, 3.05) is 12.3 Å². The van der Waals surface area contributed by atoms with E-state index in [1.807, 2.05) is 13.8 Å². The Hall–Kier alpha value is -0.220. The van der Waals surface area contributed by atoms with Crippen molar-refractivity contribution < 1.29 is 8.42 Å². The van der Waals surface area contributed by atoms with Crippen LogP contribution in [0.3, 0.4) is 0 Å². The van der Waals surface area contributed by atoms with Crippen LogP contribution in [0.1, 0.15) is 13.8 Å². The summed E-state index contributed by atoms with van der Waals surface area (Å²) >= 11 is 5.37. The third-order valence-corrected chi connectivity index (χ3v) is 9.81. The van der Waals surface area contributed by atoms with Crippen LogP contribution in [0.4, 0.5) is 0 Å². The molecule has 0 saturated heterocycles. The molecule has 6 heteroatoms. The largest absolute Gasteiger partial charge is 0.244 e. The van der Waals surface area contributed by atoms with Gasteiger partial charge in [-0.05, 0) is 24.5 Å². The van der Waals surface area contributed by atoms with Gasteiger partial charge in [0.05, 0.1) is 4.90 Å². The van der Waals surface area contributed by atoms with Gasteiger partial charge < -0.3 is 0 Å². The molecule has 16 heavy (non-hydrogen) atoms. The number of nitrogens with one attached hydrogen (secondary N) is 1. The number of hydrogen-bond donors (Lipinski definition) is 1. The van der Waals surface area contributed by atoms with Gasteiger partial charge in [0, 0.05) is 6.19 Å². The molecule has 1 N–H and O–H groups in total. The smallest absolute Gasteiger partial charge is 0.207 e. The summed E-state index contributed by atoms with van der Waals surface area (Å²) in [5.74, 6) is 0. The molecule has 0 amide bonds. The number of sulfonamides is 1. The standard InChI is InChI=1S/C10H16NO2PS2/c1-3-14(15,4-2)11-16(12,13)10-8-6-5-7-9-10/h5-9H,3-4H2,1-2H3,(H,11,15). The molecule has 1 rings (SSSR count). The average Bonchev–Trinajstić information content (AvgIpc) is 2.29. The van der Waals surface area contributed by atoms with E-state index in [1.165, 1.54) is 0 Å². The van der Waals surface area contributed by atoms with Crippen molar-refractivity contribution in [1.29, 1.82) is 0 Å². The second-order valence-electron chi connectivity index (χ2n) is 3.43. The molecule has 3 nitrogen and oxygen atoms in total. The Kier molecular flexibility index (Phi) is 4.68. The molecule has 0 spiro atoms. The van der Waals surface area contributed by atoms with Crippen molar-refractivity contribution in [1.82, 2.24) is 4.49 Å². The molecular weight excluding hydrogens is 261 g/mol. The van der Waals surface area contributed by atoms with E-state index in [1.54, 1.807) is 30.3 Å². The second kappa shape index (κ2) is 5.41. The van der Waals surface area contributed by atoms with E-state index in [0.717, 1.165) is 0 Å². The number of benzene rings is 1. The summed E-state index contributed by atoms with van der Waals surface area (Å²) in [6, 6.07) is 8.35. The van der Waals surface area contributed by atoms with Crippen LogP contribution in [0.25, 0.3) is 0 Å². The second-order valence-corrected chi connectivity index (χ2v) is 10.8. The summed E-state index contributed by atoms with van der Waals surface area (Å²) in [5, 5.41) is 0. The lowest BCUT2D eigenvalue weighted by atomic mass is 10.4. The highest BCUT2D eigenvalue weighted by Crippen LogP contribution is 2.41. The van der Waals surface area contributed by atoms with E-state index < -0.39 is 16.2 Å². The van der Waals surface area contributed by atoms with Crippen molar-refractivity contribution in [3.63, 3.8) is 0 Å². The maximum absolute atomic E-state index is 12.0. The molecule has 0 fully saturated rings. The third-order valence-electron chi connectivity index (χ3n) is 2.36. The maximum Gasteiger partial charge on any atom is 0.244 e. The highest BCUT2D eigenvalue weighted by atomic mass is 32.4. The van der Waals surface area contributed by atoms with Crippen molar-refractivity contribution in [2.24, 2.45) is 0 Å². The Bertz CT molecular complexity index is 477. The van der Waals surface area contributed by atoms with Crippen LogP contribution in [0.15, 0.2) is 35.2 Å². The molecule has 0 unspecified atom stereocenters. The van der Waals surface area contributed by atoms with Gasteiger partial charge in [-0.3, -0.25) is 0 Å². The van der Waals surface area contributed by atoms with Gasteiger partial charge in [0.1, 0.15) is 0 Å². The molecule has 1 aromatic rings. The Morgan fingerprint density at radius 2 is 1.69 bits per heavy atom. The van der Waals surface area contributed by atoms with Gasteiger partial charge >= 0.3 is 0 Å². The molecule has 0 bridgehead atoms. The minimum absolute atomic E-state index is 0.283. The first-order valence-corrected chi connectivity index (χ1v) is 9.76. The molecule has 0 atom stereocenters. The van der Waals surface area contributed by atoms with Crippen molar-refractivity contribution in [2.45, 2.75) is 18.7 Å². The van der Waals surface area contributed by atoms with Gasteiger partial charge in [0.25, 0.3) is 0 Å². The summed E-state index contributed by atoms with van der Waals surface area (Å²) in [6.45, 7) is 3.86. The first kappa shape index (κ1) is 13.8. The van der Waals surface area contributed by atoms with Crippen LogP contribution in [0, 0.1) is 0 Å². The van der Waals surface area contributed by atoms with Crippen LogP contribution >= 0.6 is 6.19 Å². The predicted octanol–water partition coefficient (Wildman–Crippen LogP) is 2.40. The van der Waals surface area contributed by atoms with Crippen LogP contribution in [0.2, 0.25) is 0 Å². The molecular formula is C10H16NO2PS2. The Labute approximate surface area is 102 Å². The normalized spacial score (nSPS) is 12.6. The maximum atomic E-state index is 12.0. The van der Waals surface area contributed by atoms with E-state index in [2.05, 4.69) is 4.49 Å². The molecule has 0 heterocycles. The average molecular weight is 277 g/mol. The molecule has 0 radical (unpaired) electrons. The highest BCUT2D eigenvalue weighted by Gasteiger charge is 2.22. The minimum Gasteiger partial charge on any atom is -0.207 e. The predicted molar refractivity (Wildman–Crippen MR) is 72.1 cm³/mol. The van der Waals surface area contributed by atoms with E-state index in [9.17, 15) is 8.42 Å². The summed E-state index contributed by atoms with van der Waals surface area (Å²) in [6.07, 6.45) is -0.574. The summed E-state index contributed by atoms with van der Waals surface area (Å²) in [7, 11) is -3.45. The van der Waals surface area contributed by atoms with Crippen LogP contribution in [-0.2, 0) is 21.8 Å². The lowest BCUT2D eigenvalue weighted by Crippen LogP contribution is -2.22. The SMILES string of the molecule is CCP(=S)(CC)NS(=O)(=O)c1ccccc1. The lowest BCUT2D eigenvalue weighted by molar-refractivity contribution is 0.594. The van der Waals surface area contributed by atoms with Crippen LogP contribution in [-0.4, -0.2) is 20.7 Å². The summed E-state index contributed by atoms with van der Waals surface area (Å²) in [4.78, 5) is 0.283. The monoisotopic (exact) mass is 277 g/mol.